The Bertz CT molecular complexity index is 542. The fourth-order valence-electron chi connectivity index (χ4n) is 2.65. The van der Waals surface area contributed by atoms with Gasteiger partial charge in [0.2, 0.25) is 10.0 Å². The van der Waals surface area contributed by atoms with Gasteiger partial charge in [0.15, 0.2) is 0 Å². The van der Waals surface area contributed by atoms with Crippen LogP contribution in [0.15, 0.2) is 16.3 Å². The highest BCUT2D eigenvalue weighted by Gasteiger charge is 2.29. The quantitative estimate of drug-likeness (QED) is 0.758. The SMILES string of the molecule is CCNCc1sccc1S(=O)(=O)NC1CCC(SCC)C1. The summed E-state index contributed by atoms with van der Waals surface area (Å²) in [6, 6.07) is 1.80. The molecule has 2 N–H and O–H groups in total. The molecule has 0 bridgehead atoms. The lowest BCUT2D eigenvalue weighted by Gasteiger charge is -2.14. The molecule has 1 aliphatic rings. The highest BCUT2D eigenvalue weighted by molar-refractivity contribution is 7.99. The largest absolute Gasteiger partial charge is 0.312 e. The lowest BCUT2D eigenvalue weighted by Crippen LogP contribution is -2.33. The molecule has 120 valence electrons. The normalized spacial score (nSPS) is 22.8. The Balaban J connectivity index is 2.01. The summed E-state index contributed by atoms with van der Waals surface area (Å²) >= 11 is 3.43. The van der Waals surface area contributed by atoms with E-state index in [0.29, 0.717) is 16.7 Å². The van der Waals surface area contributed by atoms with E-state index in [1.165, 1.54) is 11.3 Å². The standard InChI is InChI=1S/C14H24N2O2S3/c1-3-15-10-13-14(7-8-20-13)21(17,18)16-11-5-6-12(9-11)19-4-2/h7-8,11-12,15-16H,3-6,9-10H2,1-2H3. The van der Waals surface area contributed by atoms with E-state index in [-0.39, 0.29) is 6.04 Å². The van der Waals surface area contributed by atoms with Gasteiger partial charge in [-0.15, -0.1) is 11.3 Å². The summed E-state index contributed by atoms with van der Waals surface area (Å²) in [5.74, 6) is 1.10. The van der Waals surface area contributed by atoms with Gasteiger partial charge in [-0.2, -0.15) is 11.8 Å². The molecule has 1 heterocycles. The first-order chi connectivity index (χ1) is 10.1. The van der Waals surface area contributed by atoms with Gasteiger partial charge in [0.05, 0.1) is 4.90 Å². The van der Waals surface area contributed by atoms with E-state index in [0.717, 1.165) is 36.4 Å². The van der Waals surface area contributed by atoms with E-state index < -0.39 is 10.0 Å². The first kappa shape index (κ1) is 17.3. The van der Waals surface area contributed by atoms with E-state index in [1.807, 2.05) is 24.1 Å². The van der Waals surface area contributed by atoms with E-state index in [9.17, 15) is 8.42 Å². The molecule has 0 saturated heterocycles. The molecule has 0 spiro atoms. The molecule has 2 rings (SSSR count). The number of nitrogens with one attached hydrogen (secondary N) is 2. The predicted molar refractivity (Wildman–Crippen MR) is 91.6 cm³/mol. The Kier molecular flexibility index (Phi) is 6.55. The third-order valence-corrected chi connectivity index (χ3v) is 7.53. The van der Waals surface area contributed by atoms with Crippen LogP contribution in [0.4, 0.5) is 0 Å². The van der Waals surface area contributed by atoms with Crippen molar-refractivity contribution in [3.8, 4) is 0 Å². The minimum atomic E-state index is -3.39. The molecular weight excluding hydrogens is 324 g/mol. The van der Waals surface area contributed by atoms with Crippen LogP contribution in [0.3, 0.4) is 0 Å². The molecule has 21 heavy (non-hydrogen) atoms. The first-order valence-electron chi connectivity index (χ1n) is 7.47. The molecule has 2 unspecified atom stereocenters. The summed E-state index contributed by atoms with van der Waals surface area (Å²) in [6.45, 7) is 5.62. The second-order valence-corrected chi connectivity index (χ2v) is 9.46. The molecule has 1 aromatic heterocycles. The number of thioether (sulfide) groups is 1. The topological polar surface area (TPSA) is 58.2 Å². The van der Waals surface area contributed by atoms with Crippen molar-refractivity contribution >= 4 is 33.1 Å². The van der Waals surface area contributed by atoms with Gasteiger partial charge in [0.1, 0.15) is 0 Å². The van der Waals surface area contributed by atoms with Crippen LogP contribution in [0.2, 0.25) is 0 Å². The Morgan fingerprint density at radius 2 is 2.19 bits per heavy atom. The van der Waals surface area contributed by atoms with Crippen LogP contribution in [-0.2, 0) is 16.6 Å². The lowest BCUT2D eigenvalue weighted by atomic mass is 10.3. The summed E-state index contributed by atoms with van der Waals surface area (Å²) in [7, 11) is -3.39. The van der Waals surface area contributed by atoms with Crippen molar-refractivity contribution in [3.63, 3.8) is 0 Å². The number of rotatable bonds is 8. The minimum absolute atomic E-state index is 0.0888. The van der Waals surface area contributed by atoms with Crippen LogP contribution in [0.1, 0.15) is 38.0 Å². The van der Waals surface area contributed by atoms with Crippen LogP contribution in [-0.4, -0.2) is 32.0 Å². The fraction of sp³-hybridized carbons (Fsp3) is 0.714. The van der Waals surface area contributed by atoms with E-state index >= 15 is 0 Å². The van der Waals surface area contributed by atoms with E-state index in [2.05, 4.69) is 17.0 Å². The predicted octanol–water partition coefficient (Wildman–Crippen LogP) is 2.81. The average Bonchev–Trinajstić information content (AvgIpc) is 3.06. The molecule has 0 radical (unpaired) electrons. The third kappa shape index (κ3) is 4.69. The van der Waals surface area contributed by atoms with Gasteiger partial charge in [-0.3, -0.25) is 0 Å². The molecule has 4 nitrogen and oxygen atoms in total. The first-order valence-corrected chi connectivity index (χ1v) is 10.9. The zero-order valence-corrected chi connectivity index (χ0v) is 15.0. The zero-order valence-electron chi connectivity index (χ0n) is 12.6. The summed E-state index contributed by atoms with van der Waals surface area (Å²) in [5, 5.41) is 5.65. The van der Waals surface area contributed by atoms with Crippen molar-refractivity contribution in [1.82, 2.24) is 10.0 Å². The third-order valence-electron chi connectivity index (χ3n) is 3.64. The second-order valence-electron chi connectivity index (χ2n) is 5.20. The summed E-state index contributed by atoms with van der Waals surface area (Å²) in [5.41, 5.74) is 0. The summed E-state index contributed by atoms with van der Waals surface area (Å²) in [4.78, 5) is 1.34. The maximum absolute atomic E-state index is 12.6. The monoisotopic (exact) mass is 348 g/mol. The van der Waals surface area contributed by atoms with Crippen LogP contribution >= 0.6 is 23.1 Å². The smallest absolute Gasteiger partial charge is 0.241 e. The Hall–Kier alpha value is -0.0800. The highest BCUT2D eigenvalue weighted by atomic mass is 32.2. The number of hydrogen-bond acceptors (Lipinski definition) is 5. The molecule has 2 atom stereocenters. The van der Waals surface area contributed by atoms with Gasteiger partial charge < -0.3 is 5.32 Å². The maximum atomic E-state index is 12.6. The molecule has 0 aromatic carbocycles. The minimum Gasteiger partial charge on any atom is -0.312 e. The Morgan fingerprint density at radius 1 is 1.38 bits per heavy atom. The second kappa shape index (κ2) is 7.97. The van der Waals surface area contributed by atoms with Gasteiger partial charge in [-0.25, -0.2) is 13.1 Å². The van der Waals surface area contributed by atoms with Crippen molar-refractivity contribution in [1.29, 1.82) is 0 Å². The lowest BCUT2D eigenvalue weighted by molar-refractivity contribution is 0.551. The van der Waals surface area contributed by atoms with E-state index in [1.54, 1.807) is 6.07 Å². The summed E-state index contributed by atoms with van der Waals surface area (Å²) < 4.78 is 28.0. The van der Waals surface area contributed by atoms with Crippen molar-refractivity contribution < 1.29 is 8.42 Å². The molecule has 1 aromatic rings. The molecule has 7 heteroatoms. The Morgan fingerprint density at radius 3 is 2.90 bits per heavy atom. The van der Waals surface area contributed by atoms with Crippen molar-refractivity contribution in [2.75, 3.05) is 12.3 Å². The van der Waals surface area contributed by atoms with Crippen LogP contribution in [0.5, 0.6) is 0 Å². The molecule has 1 aliphatic carbocycles. The highest BCUT2D eigenvalue weighted by Crippen LogP contribution is 2.31. The molecule has 0 amide bonds. The van der Waals surface area contributed by atoms with Gasteiger partial charge >= 0.3 is 0 Å². The van der Waals surface area contributed by atoms with Gasteiger partial charge in [0, 0.05) is 22.7 Å². The van der Waals surface area contributed by atoms with Crippen molar-refractivity contribution in [2.45, 2.75) is 55.8 Å². The van der Waals surface area contributed by atoms with Crippen molar-refractivity contribution in [3.05, 3.63) is 16.3 Å². The van der Waals surface area contributed by atoms with Crippen LogP contribution in [0.25, 0.3) is 0 Å². The van der Waals surface area contributed by atoms with Crippen LogP contribution in [0, 0.1) is 0 Å². The number of sulfonamides is 1. The van der Waals surface area contributed by atoms with Crippen LogP contribution < -0.4 is 10.0 Å². The van der Waals surface area contributed by atoms with Gasteiger partial charge in [-0.1, -0.05) is 13.8 Å². The van der Waals surface area contributed by atoms with Gasteiger partial charge in [-0.05, 0) is 43.0 Å². The average molecular weight is 349 g/mol. The Labute approximate surface area is 136 Å². The molecule has 1 saturated carbocycles. The fourth-order valence-corrected chi connectivity index (χ4v) is 6.49. The summed E-state index contributed by atoms with van der Waals surface area (Å²) in [6.07, 6.45) is 3.01. The van der Waals surface area contributed by atoms with Gasteiger partial charge in [0.25, 0.3) is 0 Å². The molecule has 1 fully saturated rings. The molecule has 0 aliphatic heterocycles. The zero-order chi connectivity index (χ0) is 15.3. The number of hydrogen-bond donors (Lipinski definition) is 2. The number of thiophene rings is 1. The van der Waals surface area contributed by atoms with Crippen molar-refractivity contribution in [2.24, 2.45) is 0 Å². The maximum Gasteiger partial charge on any atom is 0.241 e. The molecular formula is C14H24N2O2S3. The van der Waals surface area contributed by atoms with E-state index in [4.69, 9.17) is 0 Å².